The number of nitrogens with zero attached hydrogens (tertiary/aromatic N) is 1. The summed E-state index contributed by atoms with van der Waals surface area (Å²) in [7, 11) is 1.72. The van der Waals surface area contributed by atoms with Gasteiger partial charge in [-0.3, -0.25) is 4.90 Å². The van der Waals surface area contributed by atoms with Gasteiger partial charge >= 0.3 is 0 Å². The number of benzene rings is 1. The molecule has 2 heterocycles. The van der Waals surface area contributed by atoms with Gasteiger partial charge < -0.3 is 10.1 Å². The molecule has 2 aromatic rings. The van der Waals surface area contributed by atoms with Crippen molar-refractivity contribution in [1.82, 2.24) is 10.2 Å². The van der Waals surface area contributed by atoms with Gasteiger partial charge in [-0.05, 0) is 59.2 Å². The number of nitrogens with one attached hydrogen (secondary N) is 1. The average Bonchev–Trinajstić information content (AvgIpc) is 2.80. The summed E-state index contributed by atoms with van der Waals surface area (Å²) in [5, 5.41) is 4.22. The van der Waals surface area contributed by atoms with Crippen LogP contribution < -0.4 is 10.1 Å². The van der Waals surface area contributed by atoms with Crippen LogP contribution >= 0.6 is 38.9 Å². The molecule has 3 nitrogen and oxygen atoms in total. The molecular weight excluding hydrogens is 396 g/mol. The lowest BCUT2D eigenvalue weighted by Crippen LogP contribution is -2.32. The summed E-state index contributed by atoms with van der Waals surface area (Å²) in [5.74, 6) is 0.890. The highest BCUT2D eigenvalue weighted by Crippen LogP contribution is 2.40. The summed E-state index contributed by atoms with van der Waals surface area (Å²) in [6.07, 6.45) is 1.14. The van der Waals surface area contributed by atoms with Crippen LogP contribution in [0.1, 0.15) is 22.9 Å². The molecule has 3 rings (SSSR count). The second-order valence-electron chi connectivity index (χ2n) is 5.57. The van der Waals surface area contributed by atoms with E-state index in [4.69, 9.17) is 16.3 Å². The Morgan fingerprint density at radius 1 is 1.26 bits per heavy atom. The minimum Gasteiger partial charge on any atom is -0.496 e. The molecule has 6 heteroatoms. The first kappa shape index (κ1) is 17.2. The lowest BCUT2D eigenvalue weighted by atomic mass is 10.0. The highest BCUT2D eigenvalue weighted by atomic mass is 79.9. The number of hydrogen-bond acceptors (Lipinski definition) is 4. The van der Waals surface area contributed by atoms with E-state index in [1.165, 1.54) is 4.88 Å². The summed E-state index contributed by atoms with van der Waals surface area (Å²) in [4.78, 5) is 3.83. The molecule has 0 bridgehead atoms. The lowest BCUT2D eigenvalue weighted by molar-refractivity contribution is 0.239. The zero-order valence-corrected chi connectivity index (χ0v) is 16.2. The Morgan fingerprint density at radius 3 is 2.87 bits per heavy atom. The number of hydrogen-bond donors (Lipinski definition) is 1. The van der Waals surface area contributed by atoms with E-state index < -0.39 is 0 Å². The number of halogens is 2. The van der Waals surface area contributed by atoms with Crippen LogP contribution in [0.4, 0.5) is 0 Å². The minimum absolute atomic E-state index is 0.167. The Labute approximate surface area is 154 Å². The van der Waals surface area contributed by atoms with E-state index in [1.54, 1.807) is 18.4 Å². The fourth-order valence-corrected chi connectivity index (χ4v) is 4.81. The van der Waals surface area contributed by atoms with Crippen LogP contribution in [-0.4, -0.2) is 38.2 Å². The fourth-order valence-electron chi connectivity index (χ4n) is 3.05. The van der Waals surface area contributed by atoms with Crippen molar-refractivity contribution in [2.75, 3.05) is 33.3 Å². The SMILES string of the molecule is COc1ccc(Cl)cc1C(c1ccc(Br)s1)N1CCCNCC1. The van der Waals surface area contributed by atoms with Gasteiger partial charge in [-0.2, -0.15) is 0 Å². The first-order valence-electron chi connectivity index (χ1n) is 7.72. The van der Waals surface area contributed by atoms with Gasteiger partial charge in [0.25, 0.3) is 0 Å². The van der Waals surface area contributed by atoms with Crippen LogP contribution in [0, 0.1) is 0 Å². The van der Waals surface area contributed by atoms with Crippen LogP contribution in [0.2, 0.25) is 5.02 Å². The molecule has 1 N–H and O–H groups in total. The number of thiophene rings is 1. The zero-order chi connectivity index (χ0) is 16.2. The molecule has 1 atom stereocenters. The van der Waals surface area contributed by atoms with Crippen LogP contribution in [0.25, 0.3) is 0 Å². The number of methoxy groups -OCH3 is 1. The van der Waals surface area contributed by atoms with Crippen molar-refractivity contribution in [2.24, 2.45) is 0 Å². The summed E-state index contributed by atoms with van der Waals surface area (Å²) in [5.41, 5.74) is 1.14. The fraction of sp³-hybridized carbons (Fsp3) is 0.412. The summed E-state index contributed by atoms with van der Waals surface area (Å²) in [6.45, 7) is 4.15. The van der Waals surface area contributed by atoms with E-state index in [1.807, 2.05) is 18.2 Å². The van der Waals surface area contributed by atoms with Gasteiger partial charge in [0.15, 0.2) is 0 Å². The van der Waals surface area contributed by atoms with Gasteiger partial charge in [-0.25, -0.2) is 0 Å². The molecule has 1 unspecified atom stereocenters. The molecule has 1 aliphatic heterocycles. The van der Waals surface area contributed by atoms with Crippen LogP contribution in [0.5, 0.6) is 5.75 Å². The molecule has 1 aromatic heterocycles. The van der Waals surface area contributed by atoms with Crippen molar-refractivity contribution in [3.8, 4) is 5.75 Å². The van der Waals surface area contributed by atoms with Crippen molar-refractivity contribution in [3.05, 3.63) is 49.6 Å². The largest absolute Gasteiger partial charge is 0.496 e. The Bertz CT molecular complexity index is 656. The van der Waals surface area contributed by atoms with E-state index in [0.717, 1.165) is 52.7 Å². The molecule has 23 heavy (non-hydrogen) atoms. The molecule has 1 saturated heterocycles. The van der Waals surface area contributed by atoms with E-state index in [2.05, 4.69) is 38.3 Å². The molecule has 1 fully saturated rings. The van der Waals surface area contributed by atoms with Crippen molar-refractivity contribution in [2.45, 2.75) is 12.5 Å². The van der Waals surface area contributed by atoms with Gasteiger partial charge in [0.05, 0.1) is 16.9 Å². The molecule has 0 radical (unpaired) electrons. The quantitative estimate of drug-likeness (QED) is 0.792. The molecule has 0 spiro atoms. The van der Waals surface area contributed by atoms with Gasteiger partial charge in [0, 0.05) is 35.1 Å². The second-order valence-corrected chi connectivity index (χ2v) is 8.50. The molecule has 1 aliphatic rings. The topological polar surface area (TPSA) is 24.5 Å². The predicted octanol–water partition coefficient (Wildman–Crippen LogP) is 4.56. The van der Waals surface area contributed by atoms with Crippen molar-refractivity contribution < 1.29 is 4.74 Å². The van der Waals surface area contributed by atoms with Gasteiger partial charge in [-0.1, -0.05) is 11.6 Å². The van der Waals surface area contributed by atoms with Gasteiger partial charge in [0.1, 0.15) is 5.75 Å². The van der Waals surface area contributed by atoms with E-state index >= 15 is 0 Å². The van der Waals surface area contributed by atoms with Crippen molar-refractivity contribution in [1.29, 1.82) is 0 Å². The van der Waals surface area contributed by atoms with Gasteiger partial charge in [0.2, 0.25) is 0 Å². The number of rotatable bonds is 4. The first-order chi connectivity index (χ1) is 11.2. The Hall–Kier alpha value is -0.590. The Balaban J connectivity index is 2.05. The molecular formula is C17H20BrClN2OS. The van der Waals surface area contributed by atoms with Crippen LogP contribution in [0.15, 0.2) is 34.1 Å². The molecule has 0 aliphatic carbocycles. The standard InChI is InChI=1S/C17H20BrClN2OS/c1-22-14-4-3-12(19)11-13(14)17(15-5-6-16(18)23-15)21-9-2-7-20-8-10-21/h3-6,11,17,20H,2,7-10H2,1H3. The minimum atomic E-state index is 0.167. The third kappa shape index (κ3) is 4.09. The smallest absolute Gasteiger partial charge is 0.124 e. The predicted molar refractivity (Wildman–Crippen MR) is 101 cm³/mol. The van der Waals surface area contributed by atoms with Crippen molar-refractivity contribution >= 4 is 38.9 Å². The normalized spacial score (nSPS) is 17.7. The second kappa shape index (κ2) is 7.99. The highest BCUT2D eigenvalue weighted by molar-refractivity contribution is 9.11. The maximum Gasteiger partial charge on any atom is 0.124 e. The monoisotopic (exact) mass is 414 g/mol. The lowest BCUT2D eigenvalue weighted by Gasteiger charge is -2.31. The van der Waals surface area contributed by atoms with Gasteiger partial charge in [-0.15, -0.1) is 11.3 Å². The van der Waals surface area contributed by atoms with Crippen molar-refractivity contribution in [3.63, 3.8) is 0 Å². The zero-order valence-electron chi connectivity index (χ0n) is 13.0. The third-order valence-electron chi connectivity index (χ3n) is 4.09. The summed E-state index contributed by atoms with van der Waals surface area (Å²) >= 11 is 11.7. The van der Waals surface area contributed by atoms with Crippen LogP contribution in [0.3, 0.4) is 0 Å². The molecule has 1 aromatic carbocycles. The highest BCUT2D eigenvalue weighted by Gasteiger charge is 2.27. The maximum absolute atomic E-state index is 6.29. The molecule has 124 valence electrons. The Kier molecular flexibility index (Phi) is 5.99. The summed E-state index contributed by atoms with van der Waals surface area (Å²) in [6, 6.07) is 10.4. The Morgan fingerprint density at radius 2 is 2.13 bits per heavy atom. The molecule has 0 amide bonds. The van der Waals surface area contributed by atoms with E-state index in [0.29, 0.717) is 0 Å². The first-order valence-corrected chi connectivity index (χ1v) is 9.71. The van der Waals surface area contributed by atoms with E-state index in [9.17, 15) is 0 Å². The number of ether oxygens (including phenoxy) is 1. The van der Waals surface area contributed by atoms with Crippen LogP contribution in [-0.2, 0) is 0 Å². The summed E-state index contributed by atoms with van der Waals surface area (Å²) < 4.78 is 6.77. The van der Waals surface area contributed by atoms with E-state index in [-0.39, 0.29) is 6.04 Å². The average molecular weight is 416 g/mol. The molecule has 0 saturated carbocycles. The maximum atomic E-state index is 6.29. The third-order valence-corrected chi connectivity index (χ3v) is 6.00.